The minimum absolute atomic E-state index is 0.212. The molecule has 0 saturated heterocycles. The highest BCUT2D eigenvalue weighted by Crippen LogP contribution is 2.12. The van der Waals surface area contributed by atoms with Crippen LogP contribution in [0.4, 0.5) is 13.2 Å². The van der Waals surface area contributed by atoms with Gasteiger partial charge in [0.15, 0.2) is 17.5 Å². The van der Waals surface area contributed by atoms with Crippen molar-refractivity contribution in [1.29, 1.82) is 0 Å². The average molecular weight is 236 g/mol. The second-order valence-electron chi connectivity index (χ2n) is 3.11. The molecule has 0 aromatic heterocycles. The van der Waals surface area contributed by atoms with Crippen molar-refractivity contribution in [1.82, 2.24) is 0 Å². The van der Waals surface area contributed by atoms with Gasteiger partial charge in [-0.15, -0.1) is 0 Å². The first-order valence-electron chi connectivity index (χ1n) is 4.20. The normalized spacial score (nSPS) is 11.9. The first-order valence-corrected chi connectivity index (χ1v) is 6.51. The van der Waals surface area contributed by atoms with E-state index in [1.807, 2.05) is 0 Å². The number of hydrogen-bond donors (Lipinski definition) is 0. The van der Waals surface area contributed by atoms with Crippen molar-refractivity contribution in [2.45, 2.75) is 6.55 Å². The molecule has 0 unspecified atom stereocenters. The zero-order valence-electron chi connectivity index (χ0n) is 8.61. The molecule has 0 saturated carbocycles. The smallest absolute Gasteiger partial charge is 0.368 e. The van der Waals surface area contributed by atoms with Gasteiger partial charge in [-0.3, -0.25) is 0 Å². The maximum absolute atomic E-state index is 12.9. The van der Waals surface area contributed by atoms with Crippen LogP contribution in [0.2, 0.25) is 6.55 Å². The first kappa shape index (κ1) is 12.2. The van der Waals surface area contributed by atoms with Crippen LogP contribution in [0, 0.1) is 17.5 Å². The maximum Gasteiger partial charge on any atom is 0.368 e. The molecule has 84 valence electrons. The molecule has 1 aromatic carbocycles. The lowest BCUT2D eigenvalue weighted by Gasteiger charge is -2.23. The summed E-state index contributed by atoms with van der Waals surface area (Å²) in [5, 5.41) is 0.212. The first-order chi connectivity index (χ1) is 6.94. The summed E-state index contributed by atoms with van der Waals surface area (Å²) < 4.78 is 48.7. The van der Waals surface area contributed by atoms with Crippen LogP contribution in [0.15, 0.2) is 12.1 Å². The Morgan fingerprint density at radius 1 is 1.00 bits per heavy atom. The van der Waals surface area contributed by atoms with Crippen molar-refractivity contribution in [3.05, 3.63) is 29.6 Å². The Labute approximate surface area is 86.9 Å². The lowest BCUT2D eigenvalue weighted by Crippen LogP contribution is -2.49. The van der Waals surface area contributed by atoms with E-state index in [1.54, 1.807) is 6.55 Å². The zero-order chi connectivity index (χ0) is 11.6. The van der Waals surface area contributed by atoms with Crippen molar-refractivity contribution in [3.8, 4) is 0 Å². The number of hydrogen-bond acceptors (Lipinski definition) is 2. The fraction of sp³-hybridized carbons (Fsp3) is 0.333. The molecule has 0 radical (unpaired) electrons. The Kier molecular flexibility index (Phi) is 3.53. The molecule has 0 fully saturated rings. The summed E-state index contributed by atoms with van der Waals surface area (Å²) in [7, 11) is -0.0382. The van der Waals surface area contributed by atoms with Crippen LogP contribution >= 0.6 is 0 Å². The molecule has 1 rings (SSSR count). The Morgan fingerprint density at radius 2 is 1.40 bits per heavy atom. The molecule has 0 bridgehead atoms. The number of rotatable bonds is 3. The highest BCUT2D eigenvalue weighted by atomic mass is 28.4. The largest absolute Gasteiger partial charge is 0.394 e. The molecule has 2 nitrogen and oxygen atoms in total. The topological polar surface area (TPSA) is 18.5 Å². The fourth-order valence-electron chi connectivity index (χ4n) is 1.14. The van der Waals surface area contributed by atoms with Crippen LogP contribution in [-0.2, 0) is 8.85 Å². The second kappa shape index (κ2) is 4.34. The third kappa shape index (κ3) is 2.22. The zero-order valence-corrected chi connectivity index (χ0v) is 9.61. The molecule has 0 amide bonds. The molecule has 0 spiro atoms. The SMILES string of the molecule is CO[Si](C)(OC)c1cc(F)c(F)c(F)c1. The molecular formula is C9H11F3O2Si. The van der Waals surface area contributed by atoms with Gasteiger partial charge in [-0.2, -0.15) is 0 Å². The van der Waals surface area contributed by atoms with Gasteiger partial charge in [0.1, 0.15) is 0 Å². The Morgan fingerprint density at radius 3 is 1.73 bits per heavy atom. The molecule has 0 N–H and O–H groups in total. The predicted molar refractivity (Wildman–Crippen MR) is 51.6 cm³/mol. The maximum atomic E-state index is 12.9. The van der Waals surface area contributed by atoms with Gasteiger partial charge in [-0.1, -0.05) is 0 Å². The van der Waals surface area contributed by atoms with Gasteiger partial charge in [-0.05, 0) is 23.9 Å². The Bertz CT molecular complexity index is 343. The summed E-state index contributed by atoms with van der Waals surface area (Å²) in [5.41, 5.74) is 0. The van der Waals surface area contributed by atoms with Crippen LogP contribution < -0.4 is 5.19 Å². The van der Waals surface area contributed by atoms with Crippen molar-refractivity contribution in [2.75, 3.05) is 14.2 Å². The molecular weight excluding hydrogens is 225 g/mol. The number of benzene rings is 1. The summed E-state index contributed by atoms with van der Waals surface area (Å²) in [6.45, 7) is 1.61. The molecule has 0 aliphatic rings. The third-order valence-electron chi connectivity index (χ3n) is 2.29. The van der Waals surface area contributed by atoms with Gasteiger partial charge in [0.05, 0.1) is 0 Å². The molecule has 15 heavy (non-hydrogen) atoms. The fourth-order valence-corrected chi connectivity index (χ4v) is 2.55. The highest BCUT2D eigenvalue weighted by Gasteiger charge is 2.33. The van der Waals surface area contributed by atoms with E-state index in [9.17, 15) is 13.2 Å². The molecule has 0 heterocycles. The lowest BCUT2D eigenvalue weighted by molar-refractivity contribution is 0.265. The van der Waals surface area contributed by atoms with E-state index in [0.29, 0.717) is 0 Å². The van der Waals surface area contributed by atoms with E-state index in [2.05, 4.69) is 0 Å². The number of halogens is 3. The summed E-state index contributed by atoms with van der Waals surface area (Å²) >= 11 is 0. The second-order valence-corrected chi connectivity index (χ2v) is 6.39. The highest BCUT2D eigenvalue weighted by molar-refractivity contribution is 6.79. The van der Waals surface area contributed by atoms with Crippen LogP contribution in [0.3, 0.4) is 0 Å². The van der Waals surface area contributed by atoms with Crippen LogP contribution in [0.5, 0.6) is 0 Å². The quantitative estimate of drug-likeness (QED) is 0.587. The molecule has 6 heteroatoms. The average Bonchev–Trinajstić information content (AvgIpc) is 2.24. The molecule has 0 aliphatic carbocycles. The van der Waals surface area contributed by atoms with Crippen molar-refractivity contribution in [3.63, 3.8) is 0 Å². The standard InChI is InChI=1S/C9H11F3O2Si/c1-13-15(3,14-2)6-4-7(10)9(12)8(11)5-6/h4-5H,1-3H3. The summed E-state index contributed by atoms with van der Waals surface area (Å²) in [5.74, 6) is -3.96. The molecule has 0 atom stereocenters. The van der Waals surface area contributed by atoms with Gasteiger partial charge in [0, 0.05) is 14.2 Å². The lowest BCUT2D eigenvalue weighted by atomic mass is 10.3. The van der Waals surface area contributed by atoms with Crippen LogP contribution in [0.1, 0.15) is 0 Å². The minimum atomic E-state index is -2.81. The van der Waals surface area contributed by atoms with Gasteiger partial charge in [0.25, 0.3) is 0 Å². The van der Waals surface area contributed by atoms with E-state index in [-0.39, 0.29) is 5.19 Å². The van der Waals surface area contributed by atoms with Crippen molar-refractivity contribution < 1.29 is 22.0 Å². The van der Waals surface area contributed by atoms with Gasteiger partial charge < -0.3 is 8.85 Å². The van der Waals surface area contributed by atoms with E-state index in [0.717, 1.165) is 12.1 Å². The third-order valence-corrected chi connectivity index (χ3v) is 5.18. The van der Waals surface area contributed by atoms with Crippen molar-refractivity contribution in [2.24, 2.45) is 0 Å². The Balaban J connectivity index is 3.27. The molecule has 1 aromatic rings. The Hall–Kier alpha value is -0.853. The monoisotopic (exact) mass is 236 g/mol. The van der Waals surface area contributed by atoms with E-state index < -0.39 is 26.0 Å². The predicted octanol–water partition coefficient (Wildman–Crippen LogP) is 1.68. The van der Waals surface area contributed by atoms with Gasteiger partial charge in [-0.25, -0.2) is 13.2 Å². The summed E-state index contributed by atoms with van der Waals surface area (Å²) in [6, 6.07) is 1.80. The van der Waals surface area contributed by atoms with Gasteiger partial charge >= 0.3 is 8.56 Å². The summed E-state index contributed by atoms with van der Waals surface area (Å²) in [6.07, 6.45) is 0. The van der Waals surface area contributed by atoms with Crippen LogP contribution in [-0.4, -0.2) is 22.8 Å². The van der Waals surface area contributed by atoms with Crippen molar-refractivity contribution >= 4 is 13.7 Å². The van der Waals surface area contributed by atoms with Gasteiger partial charge in [0.2, 0.25) is 0 Å². The van der Waals surface area contributed by atoms with E-state index in [4.69, 9.17) is 8.85 Å². The van der Waals surface area contributed by atoms with Crippen LogP contribution in [0.25, 0.3) is 0 Å². The minimum Gasteiger partial charge on any atom is -0.394 e. The van der Waals surface area contributed by atoms with E-state index in [1.165, 1.54) is 14.2 Å². The molecule has 0 aliphatic heterocycles. The summed E-state index contributed by atoms with van der Waals surface area (Å²) in [4.78, 5) is 0. The van der Waals surface area contributed by atoms with E-state index >= 15 is 0 Å².